The van der Waals surface area contributed by atoms with Crippen LogP contribution in [0.3, 0.4) is 0 Å². The van der Waals surface area contributed by atoms with Gasteiger partial charge in [0, 0.05) is 107 Å². The van der Waals surface area contributed by atoms with Gasteiger partial charge in [-0.05, 0) is 213 Å². The number of rotatable bonds is 10. The van der Waals surface area contributed by atoms with Gasteiger partial charge in [0.25, 0.3) is 11.8 Å². The smallest absolute Gasteiger partial charge is 0.410 e. The first-order chi connectivity index (χ1) is 47.0. The number of ketones is 2. The summed E-state index contributed by atoms with van der Waals surface area (Å²) in [5.74, 6) is 0.575. The molecule has 22 nitrogen and oxygen atoms in total. The maximum absolute atomic E-state index is 14.0. The minimum absolute atomic E-state index is 0. The van der Waals surface area contributed by atoms with Crippen molar-refractivity contribution in [2.75, 3.05) is 54.4 Å². The number of hydrogen-bond acceptors (Lipinski definition) is 18. The van der Waals surface area contributed by atoms with Crippen LogP contribution in [0.15, 0.2) is 108 Å². The molecule has 0 unspecified atom stereocenters. The molecule has 548 valence electrons. The molecule has 3 fully saturated rings. The van der Waals surface area contributed by atoms with E-state index in [1.54, 1.807) is 127 Å². The van der Waals surface area contributed by atoms with Crippen molar-refractivity contribution in [3.8, 4) is 0 Å². The Kier molecular flexibility index (Phi) is 29.5. The summed E-state index contributed by atoms with van der Waals surface area (Å²) >= 11 is 30.7. The molecular formula is C74H90Cl5N12O10W-. The number of hydrogen-bond donors (Lipinski definition) is 2. The average Bonchev–Trinajstić information content (AvgIpc) is 1.19. The maximum atomic E-state index is 14.0. The molecule has 0 saturated carbocycles. The van der Waals surface area contributed by atoms with Crippen LogP contribution in [0.1, 0.15) is 162 Å². The fourth-order valence-electron chi connectivity index (χ4n) is 11.1. The van der Waals surface area contributed by atoms with E-state index >= 15 is 0 Å². The van der Waals surface area contributed by atoms with Crippen LogP contribution >= 0.6 is 58.0 Å². The Balaban J connectivity index is 0.000000230. The number of Topliss-reactive ketones (excluding diaryl/α,β-unsaturated/α-hetero) is 2. The van der Waals surface area contributed by atoms with Crippen LogP contribution in [0, 0.1) is 35.1 Å². The van der Waals surface area contributed by atoms with Crippen LogP contribution in [-0.2, 0) is 49.8 Å². The zero-order chi connectivity index (χ0) is 73.2. The summed E-state index contributed by atoms with van der Waals surface area (Å²) in [6, 6.07) is 20.5. The van der Waals surface area contributed by atoms with Gasteiger partial charge in [-0.25, -0.2) is 29.5 Å². The molecule has 0 aliphatic carbocycles. The molecule has 2 N–H and O–H groups in total. The Morgan fingerprint density at radius 2 is 0.951 bits per heavy atom. The third kappa shape index (κ3) is 21.4. The van der Waals surface area contributed by atoms with Crippen molar-refractivity contribution < 1.29 is 69.0 Å². The SMILES string of the molecule is Cc1ccnc(Cl)c1Cl.Cc1ccnc(N(C(=O)c2ccc(C3=NOC(C)(C)C3=O)cc2)[C@@H]2CCCN(C(=O)OC(C)(C)C)C2)c1Cl.Cc1ccnc(N(C(=O)c2ccc(C3=NOC(C)(C)C3=O)cc2)[C@@H]2CCCNC2)c1Cl.Cc1ccnc(N[C@@H]2CCCN(C(=O)OC(C)(C)C)C2)c1Cl.[CH3-].[W]. The first kappa shape index (κ1) is 83.6. The van der Waals surface area contributed by atoms with Gasteiger partial charge >= 0.3 is 12.2 Å². The summed E-state index contributed by atoms with van der Waals surface area (Å²) in [6.45, 7) is 29.1. The minimum Gasteiger partial charge on any atom is -0.444 e. The molecule has 0 bridgehead atoms. The van der Waals surface area contributed by atoms with Gasteiger partial charge < -0.3 is 47.0 Å². The van der Waals surface area contributed by atoms with E-state index in [1.165, 1.54) is 0 Å². The van der Waals surface area contributed by atoms with Crippen molar-refractivity contribution in [3.05, 3.63) is 175 Å². The number of halogens is 5. The molecule has 102 heavy (non-hydrogen) atoms. The zero-order valence-corrected chi connectivity index (χ0v) is 67.0. The molecule has 0 radical (unpaired) electrons. The fraction of sp³-hybridized carbons (Fsp3) is 0.446. The molecule has 5 aliphatic rings. The second kappa shape index (κ2) is 35.9. The number of oxime groups is 2. The van der Waals surface area contributed by atoms with Gasteiger partial charge in [0.2, 0.25) is 11.6 Å². The van der Waals surface area contributed by atoms with Crippen LogP contribution in [0.5, 0.6) is 0 Å². The summed E-state index contributed by atoms with van der Waals surface area (Å²) < 4.78 is 11.0. The van der Waals surface area contributed by atoms with Crippen LogP contribution in [0.2, 0.25) is 25.2 Å². The van der Waals surface area contributed by atoms with Crippen molar-refractivity contribution in [2.24, 2.45) is 10.3 Å². The van der Waals surface area contributed by atoms with Gasteiger partial charge in [-0.3, -0.25) is 29.0 Å². The molecule has 0 spiro atoms. The molecule has 3 atom stereocenters. The minimum atomic E-state index is -1.02. The summed E-state index contributed by atoms with van der Waals surface area (Å²) in [6.07, 6.45) is 11.0. The average molecular weight is 1670 g/mol. The van der Waals surface area contributed by atoms with E-state index in [0.29, 0.717) is 97.4 Å². The Bertz CT molecular complexity index is 4030. The number of piperidine rings is 3. The second-order valence-electron chi connectivity index (χ2n) is 27.9. The van der Waals surface area contributed by atoms with Crippen molar-refractivity contribution in [1.29, 1.82) is 0 Å². The van der Waals surface area contributed by atoms with E-state index in [-0.39, 0.29) is 94.1 Å². The van der Waals surface area contributed by atoms with E-state index in [1.807, 2.05) is 87.4 Å². The quantitative estimate of drug-likeness (QED) is 0.0955. The Morgan fingerprint density at radius 3 is 1.36 bits per heavy atom. The predicted octanol–water partition coefficient (Wildman–Crippen LogP) is 15.7. The Morgan fingerprint density at radius 1 is 0.549 bits per heavy atom. The van der Waals surface area contributed by atoms with E-state index in [2.05, 4.69) is 40.9 Å². The third-order valence-electron chi connectivity index (χ3n) is 16.7. The number of benzene rings is 2. The van der Waals surface area contributed by atoms with E-state index in [4.69, 9.17) is 77.2 Å². The van der Waals surface area contributed by atoms with E-state index < -0.39 is 28.5 Å². The monoisotopic (exact) mass is 1670 g/mol. The zero-order valence-electron chi connectivity index (χ0n) is 60.3. The molecule has 5 aliphatic heterocycles. The van der Waals surface area contributed by atoms with Crippen LogP contribution in [0.4, 0.5) is 27.0 Å². The fourth-order valence-corrected chi connectivity index (χ4v) is 12.0. The van der Waals surface area contributed by atoms with Crippen LogP contribution in [0.25, 0.3) is 0 Å². The van der Waals surface area contributed by atoms with Crippen LogP contribution < -0.4 is 20.4 Å². The van der Waals surface area contributed by atoms with Crippen LogP contribution in [-0.4, -0.2) is 157 Å². The second-order valence-corrected chi connectivity index (χ2v) is 29.8. The third-order valence-corrected chi connectivity index (χ3v) is 18.9. The number of amides is 4. The number of ether oxygens (including phenoxy) is 2. The first-order valence-corrected chi connectivity index (χ1v) is 35.0. The number of aromatic nitrogens is 4. The standard InChI is InChI=1S/C28H33ClN4O5.C23H25ClN4O3.C16H24ClN3O2.C6H5Cl2N.CH3.W/c1-17-13-14-30-24(21(17)29)33(20-8-7-15-32(16-20)26(36)37-27(2,3)4)25(35)19-11-9-18(10-12-19)22-23(34)28(5,6)38-31-22;1-14-10-12-26-21(18(14)24)28(17-5-4-11-25-13-17)22(30)16-8-6-15(7-9-16)19-20(29)23(2,3)31-27-19;1-11-7-8-18-14(13(11)17)19-12-6-5-9-20(10-12)15(21)22-16(2,3)4;1-4-2-3-9-6(8)5(4)7;;/h9-14,20H,7-8,15-16H2,1-6H3;6-10,12,17,25H,4-5,11,13H2,1-3H3;7-8,12H,5-6,9-10H2,1-4H3,(H,18,19);2-3H,1H3;1H3;/q;;;;-1;/t20-;17-;12-;;;/m111.../s1. The van der Waals surface area contributed by atoms with E-state index in [9.17, 15) is 28.8 Å². The molecule has 4 amide bonds. The number of likely N-dealkylation sites (tertiary alicyclic amines) is 2. The van der Waals surface area contributed by atoms with E-state index in [0.717, 1.165) is 61.0 Å². The molecule has 2 aromatic carbocycles. The van der Waals surface area contributed by atoms with Gasteiger partial charge in [-0.15, -0.1) is 0 Å². The maximum Gasteiger partial charge on any atom is 0.410 e. The predicted molar refractivity (Wildman–Crippen MR) is 398 cm³/mol. The number of carbonyl (C=O) groups is 6. The molecule has 4 aromatic heterocycles. The number of nitrogens with one attached hydrogen (secondary N) is 2. The summed E-state index contributed by atoms with van der Waals surface area (Å²) in [7, 11) is 0. The number of carbonyl (C=O) groups excluding carboxylic acids is 6. The number of anilines is 3. The summed E-state index contributed by atoms with van der Waals surface area (Å²) in [4.78, 5) is 112. The van der Waals surface area contributed by atoms with Gasteiger partial charge in [-0.2, -0.15) is 0 Å². The molecular weight excluding hydrogens is 1580 g/mol. The van der Waals surface area contributed by atoms with Crippen molar-refractivity contribution in [1.82, 2.24) is 35.1 Å². The normalized spacial score (nSPS) is 18.2. The number of aryl methyl sites for hydroxylation is 4. The van der Waals surface area contributed by atoms with Gasteiger partial charge in [0.1, 0.15) is 22.2 Å². The first-order valence-electron chi connectivity index (χ1n) is 33.1. The molecule has 9 heterocycles. The van der Waals surface area contributed by atoms with Gasteiger partial charge in [-0.1, -0.05) is 92.6 Å². The van der Waals surface area contributed by atoms with Gasteiger partial charge in [0.15, 0.2) is 34.3 Å². The number of pyridine rings is 4. The van der Waals surface area contributed by atoms with Crippen molar-refractivity contribution >= 4 is 122 Å². The molecule has 6 aromatic rings. The topological polar surface area (TPSA) is 253 Å². The largest absolute Gasteiger partial charge is 0.444 e. The number of nitrogens with zero attached hydrogens (tertiary/aromatic N) is 10. The van der Waals surface area contributed by atoms with Crippen molar-refractivity contribution in [3.63, 3.8) is 0 Å². The molecule has 3 saturated heterocycles. The molecule has 11 rings (SSSR count). The molecule has 28 heteroatoms. The van der Waals surface area contributed by atoms with Gasteiger partial charge in [0.05, 0.1) is 32.2 Å². The Labute approximate surface area is 637 Å². The Hall–Kier alpha value is -7.30. The summed E-state index contributed by atoms with van der Waals surface area (Å²) in [5.41, 5.74) is 3.02. The van der Waals surface area contributed by atoms with Crippen molar-refractivity contribution in [2.45, 2.75) is 176 Å². The summed E-state index contributed by atoms with van der Waals surface area (Å²) in [5, 5.41) is 17.0.